The van der Waals surface area contributed by atoms with Crippen LogP contribution in [-0.4, -0.2) is 35.7 Å². The molecule has 0 atom stereocenters. The minimum Gasteiger partial charge on any atom is -0.494 e. The fraction of sp³-hybridized carbons (Fsp3) is 0.148. The molecule has 1 aliphatic heterocycles. The molecular weight excluding hydrogens is 519 g/mol. The molecule has 1 N–H and O–H groups in total. The number of amides is 2. The predicted octanol–water partition coefficient (Wildman–Crippen LogP) is 6.10. The van der Waals surface area contributed by atoms with E-state index in [0.717, 1.165) is 23.4 Å². The van der Waals surface area contributed by atoms with E-state index in [1.165, 1.54) is 23.1 Å². The number of aliphatic imine (C=N–C) groups is 1. The van der Waals surface area contributed by atoms with Crippen molar-refractivity contribution in [2.24, 2.45) is 4.99 Å². The van der Waals surface area contributed by atoms with E-state index in [2.05, 4.69) is 15.0 Å². The molecule has 0 radical (unpaired) electrons. The normalized spacial score (nSPS) is 14.4. The molecule has 3 aromatic carbocycles. The predicted molar refractivity (Wildman–Crippen MR) is 141 cm³/mol. The highest BCUT2D eigenvalue weighted by Crippen LogP contribution is 2.32. The third-order valence-corrected chi connectivity index (χ3v) is 6.00. The van der Waals surface area contributed by atoms with Crippen LogP contribution in [0.15, 0.2) is 89.6 Å². The molecule has 0 fully saturated rings. The monoisotopic (exact) mass is 541 g/mol. The molecule has 7 nitrogen and oxygen atoms in total. The highest BCUT2D eigenvalue weighted by atomic mass is 32.2. The summed E-state index contributed by atoms with van der Waals surface area (Å²) in [5.74, 6) is -1.02. The molecule has 1 heterocycles. The number of ether oxygens (including phenoxy) is 2. The van der Waals surface area contributed by atoms with Crippen LogP contribution in [0.1, 0.15) is 12.5 Å². The second-order valence-corrected chi connectivity index (χ2v) is 8.73. The molecule has 0 saturated heterocycles. The van der Waals surface area contributed by atoms with E-state index in [0.29, 0.717) is 18.0 Å². The number of halogens is 3. The van der Waals surface area contributed by atoms with E-state index in [4.69, 9.17) is 4.74 Å². The minimum absolute atomic E-state index is 0.129. The van der Waals surface area contributed by atoms with Crippen LogP contribution in [0.4, 0.5) is 24.5 Å². The van der Waals surface area contributed by atoms with Crippen molar-refractivity contribution in [3.8, 4) is 11.5 Å². The Balaban J connectivity index is 1.52. The van der Waals surface area contributed by atoms with Crippen LogP contribution in [0.5, 0.6) is 11.5 Å². The quantitative estimate of drug-likeness (QED) is 0.349. The molecule has 11 heteroatoms. The molecule has 0 aromatic heterocycles. The average molecular weight is 542 g/mol. The number of benzene rings is 3. The Hall–Kier alpha value is -4.25. The van der Waals surface area contributed by atoms with Crippen LogP contribution in [0.25, 0.3) is 6.08 Å². The number of anilines is 2. The van der Waals surface area contributed by atoms with Crippen LogP contribution < -0.4 is 19.7 Å². The zero-order chi connectivity index (χ0) is 27.1. The first-order valence-corrected chi connectivity index (χ1v) is 12.4. The van der Waals surface area contributed by atoms with Crippen molar-refractivity contribution in [1.29, 1.82) is 0 Å². The van der Waals surface area contributed by atoms with Gasteiger partial charge in [0.15, 0.2) is 10.9 Å². The molecule has 196 valence electrons. The Morgan fingerprint density at radius 2 is 1.71 bits per heavy atom. The second kappa shape index (κ2) is 11.9. The largest absolute Gasteiger partial charge is 0.573 e. The van der Waals surface area contributed by atoms with Crippen LogP contribution >= 0.6 is 11.8 Å². The smallest absolute Gasteiger partial charge is 0.494 e. The second-order valence-electron chi connectivity index (χ2n) is 7.78. The first kappa shape index (κ1) is 26.8. The van der Waals surface area contributed by atoms with E-state index >= 15 is 0 Å². The Kier molecular flexibility index (Phi) is 8.37. The number of carbonyl (C=O) groups excluding carboxylic acids is 2. The summed E-state index contributed by atoms with van der Waals surface area (Å²) in [4.78, 5) is 31.7. The van der Waals surface area contributed by atoms with E-state index in [9.17, 15) is 22.8 Å². The number of thioether (sulfide) groups is 1. The molecule has 0 spiro atoms. The molecular formula is C27H22F3N3O4S. The zero-order valence-electron chi connectivity index (χ0n) is 20.1. The standard InChI is InChI=1S/C27H22F3N3O4S/c1-2-36-20-14-12-18(13-15-20)16-22-25(35)33(19-8-4-3-5-9-19)26(32-22)38-17-24(34)31-21-10-6-7-11-23(21)37-27(28,29)30/h3-16H,2,17H2,1H3,(H,31,34). The zero-order valence-corrected chi connectivity index (χ0v) is 20.9. The van der Waals surface area contributed by atoms with Crippen LogP contribution in [-0.2, 0) is 9.59 Å². The van der Waals surface area contributed by atoms with Crippen molar-refractivity contribution < 1.29 is 32.2 Å². The number of alkyl halides is 3. The summed E-state index contributed by atoms with van der Waals surface area (Å²) < 4.78 is 47.5. The SMILES string of the molecule is CCOc1ccc(C=C2N=C(SCC(=O)Nc3ccccc3OC(F)(F)F)N(c3ccccc3)C2=O)cc1. The van der Waals surface area contributed by atoms with Crippen molar-refractivity contribution in [2.75, 3.05) is 22.6 Å². The molecule has 0 saturated carbocycles. The van der Waals surface area contributed by atoms with Gasteiger partial charge < -0.3 is 14.8 Å². The van der Waals surface area contributed by atoms with Gasteiger partial charge in [-0.05, 0) is 55.0 Å². The van der Waals surface area contributed by atoms with E-state index < -0.39 is 18.0 Å². The van der Waals surface area contributed by atoms with E-state index in [-0.39, 0.29) is 28.2 Å². The lowest BCUT2D eigenvalue weighted by molar-refractivity contribution is -0.274. The molecule has 3 aromatic rings. The maximum absolute atomic E-state index is 13.3. The number of amidine groups is 1. The van der Waals surface area contributed by atoms with Gasteiger partial charge in [-0.15, -0.1) is 13.2 Å². The van der Waals surface area contributed by atoms with Crippen molar-refractivity contribution in [1.82, 2.24) is 0 Å². The fourth-order valence-electron chi connectivity index (χ4n) is 3.48. The molecule has 0 unspecified atom stereocenters. The molecule has 0 aliphatic carbocycles. The van der Waals surface area contributed by atoms with Gasteiger partial charge in [0.2, 0.25) is 5.91 Å². The lowest BCUT2D eigenvalue weighted by Gasteiger charge is -2.18. The Labute approximate surface area is 221 Å². The van der Waals surface area contributed by atoms with Gasteiger partial charge >= 0.3 is 6.36 Å². The van der Waals surface area contributed by atoms with E-state index in [1.54, 1.807) is 60.7 Å². The Morgan fingerprint density at radius 3 is 2.39 bits per heavy atom. The summed E-state index contributed by atoms with van der Waals surface area (Å²) in [7, 11) is 0. The first-order valence-electron chi connectivity index (χ1n) is 11.4. The van der Waals surface area contributed by atoms with Gasteiger partial charge in [-0.3, -0.25) is 14.5 Å². The summed E-state index contributed by atoms with van der Waals surface area (Å²) in [6.07, 6.45) is -3.27. The first-order chi connectivity index (χ1) is 18.2. The molecule has 0 bridgehead atoms. The van der Waals surface area contributed by atoms with Gasteiger partial charge in [-0.25, -0.2) is 4.99 Å². The molecule has 1 aliphatic rings. The van der Waals surface area contributed by atoms with Crippen molar-refractivity contribution >= 4 is 46.2 Å². The molecule has 4 rings (SSSR count). The summed E-state index contributed by atoms with van der Waals surface area (Å²) >= 11 is 0.980. The van der Waals surface area contributed by atoms with Gasteiger partial charge in [0.05, 0.1) is 23.7 Å². The number of hydrogen-bond acceptors (Lipinski definition) is 6. The van der Waals surface area contributed by atoms with Crippen LogP contribution in [0.2, 0.25) is 0 Å². The number of carbonyl (C=O) groups is 2. The minimum atomic E-state index is -4.91. The summed E-state index contributed by atoms with van der Waals surface area (Å²) in [5.41, 5.74) is 1.34. The summed E-state index contributed by atoms with van der Waals surface area (Å²) in [5, 5.41) is 2.68. The maximum Gasteiger partial charge on any atom is 0.573 e. The lowest BCUT2D eigenvalue weighted by Crippen LogP contribution is -2.31. The maximum atomic E-state index is 13.3. The van der Waals surface area contributed by atoms with Gasteiger partial charge in [0.1, 0.15) is 11.4 Å². The van der Waals surface area contributed by atoms with Crippen LogP contribution in [0, 0.1) is 0 Å². The van der Waals surface area contributed by atoms with Crippen LogP contribution in [0.3, 0.4) is 0 Å². The average Bonchev–Trinajstić information content (AvgIpc) is 3.19. The Morgan fingerprint density at radius 1 is 1.03 bits per heavy atom. The van der Waals surface area contributed by atoms with E-state index in [1.807, 2.05) is 6.92 Å². The van der Waals surface area contributed by atoms with Crippen molar-refractivity contribution in [3.05, 3.63) is 90.1 Å². The third kappa shape index (κ3) is 6.94. The van der Waals surface area contributed by atoms with Gasteiger partial charge in [-0.2, -0.15) is 0 Å². The van der Waals surface area contributed by atoms with Gasteiger partial charge in [0, 0.05) is 0 Å². The number of hydrogen-bond donors (Lipinski definition) is 1. The number of nitrogens with one attached hydrogen (secondary N) is 1. The van der Waals surface area contributed by atoms with Gasteiger partial charge in [0.25, 0.3) is 5.91 Å². The number of rotatable bonds is 8. The Bertz CT molecular complexity index is 1360. The molecule has 2 amide bonds. The fourth-order valence-corrected chi connectivity index (χ4v) is 4.30. The third-order valence-electron chi connectivity index (χ3n) is 5.06. The highest BCUT2D eigenvalue weighted by Gasteiger charge is 2.33. The number of nitrogens with zero attached hydrogens (tertiary/aromatic N) is 2. The summed E-state index contributed by atoms with van der Waals surface area (Å²) in [6, 6.07) is 21.2. The van der Waals surface area contributed by atoms with Crippen molar-refractivity contribution in [3.63, 3.8) is 0 Å². The van der Waals surface area contributed by atoms with Gasteiger partial charge in [-0.1, -0.05) is 54.2 Å². The highest BCUT2D eigenvalue weighted by molar-refractivity contribution is 8.14. The lowest BCUT2D eigenvalue weighted by atomic mass is 10.2. The summed E-state index contributed by atoms with van der Waals surface area (Å²) in [6.45, 7) is 2.42. The molecule has 38 heavy (non-hydrogen) atoms. The topological polar surface area (TPSA) is 80.2 Å². The number of para-hydroxylation sites is 3. The van der Waals surface area contributed by atoms with Crippen molar-refractivity contribution in [2.45, 2.75) is 13.3 Å².